The number of benzene rings is 2. The summed E-state index contributed by atoms with van der Waals surface area (Å²) < 4.78 is 11.2. The quantitative estimate of drug-likeness (QED) is 0.514. The van der Waals surface area contributed by atoms with Crippen LogP contribution >= 0.6 is 0 Å². The summed E-state index contributed by atoms with van der Waals surface area (Å²) in [6.45, 7) is 5.23. The van der Waals surface area contributed by atoms with E-state index in [0.29, 0.717) is 27.9 Å². The van der Waals surface area contributed by atoms with Gasteiger partial charge in [0.25, 0.3) is 0 Å². The average Bonchev–Trinajstić information content (AvgIpc) is 2.70. The Kier molecular flexibility index (Phi) is 4.95. The van der Waals surface area contributed by atoms with Crippen molar-refractivity contribution in [1.29, 1.82) is 0 Å². The third-order valence-electron chi connectivity index (χ3n) is 5.32. The van der Waals surface area contributed by atoms with E-state index in [-0.39, 0.29) is 5.91 Å². The van der Waals surface area contributed by atoms with Gasteiger partial charge in [0.05, 0.1) is 6.04 Å². The maximum absolute atomic E-state index is 12.9. The van der Waals surface area contributed by atoms with Crippen LogP contribution in [0.2, 0.25) is 0 Å². The van der Waals surface area contributed by atoms with Crippen LogP contribution in [0, 0.1) is 0 Å². The molecule has 0 unspecified atom stereocenters. The summed E-state index contributed by atoms with van der Waals surface area (Å²) in [5, 5.41) is 14.6. The fraction of sp³-hybridized carbons (Fsp3) is 0.250. The van der Waals surface area contributed by atoms with Crippen molar-refractivity contribution in [2.75, 3.05) is 0 Å². The highest BCUT2D eigenvalue weighted by molar-refractivity contribution is 5.97. The molecule has 6 heteroatoms. The van der Waals surface area contributed by atoms with E-state index in [1.165, 1.54) is 6.07 Å². The van der Waals surface area contributed by atoms with Gasteiger partial charge in [0.1, 0.15) is 23.0 Å². The Morgan fingerprint density at radius 2 is 1.87 bits per heavy atom. The molecular formula is C24H23NO5. The topological polar surface area (TPSA) is 88.8 Å². The highest BCUT2D eigenvalue weighted by atomic mass is 16.5. The van der Waals surface area contributed by atoms with Gasteiger partial charge in [-0.05, 0) is 44.5 Å². The van der Waals surface area contributed by atoms with E-state index in [9.17, 15) is 14.7 Å². The van der Waals surface area contributed by atoms with Crippen molar-refractivity contribution in [3.63, 3.8) is 0 Å². The number of fused-ring (bicyclic) bond motifs is 2. The molecule has 154 valence electrons. The van der Waals surface area contributed by atoms with Gasteiger partial charge in [-0.1, -0.05) is 30.3 Å². The van der Waals surface area contributed by atoms with Gasteiger partial charge >= 0.3 is 5.63 Å². The molecule has 0 radical (unpaired) electrons. The van der Waals surface area contributed by atoms with Crippen molar-refractivity contribution in [3.05, 3.63) is 81.7 Å². The predicted octanol–water partition coefficient (Wildman–Crippen LogP) is 3.59. The van der Waals surface area contributed by atoms with Crippen molar-refractivity contribution < 1.29 is 19.1 Å². The van der Waals surface area contributed by atoms with E-state index in [2.05, 4.69) is 5.32 Å². The van der Waals surface area contributed by atoms with E-state index < -0.39 is 23.4 Å². The number of nitrogens with one attached hydrogen (secondary N) is 1. The molecule has 1 aliphatic heterocycles. The molecule has 3 aromatic rings. The minimum absolute atomic E-state index is 0.286. The lowest BCUT2D eigenvalue weighted by atomic mass is 9.86. The molecule has 0 fully saturated rings. The second-order valence-electron chi connectivity index (χ2n) is 8.02. The first kappa shape index (κ1) is 19.9. The van der Waals surface area contributed by atoms with Crippen LogP contribution in [-0.2, 0) is 4.79 Å². The zero-order chi connectivity index (χ0) is 21.5. The third kappa shape index (κ3) is 3.74. The molecule has 0 bridgehead atoms. The fourth-order valence-corrected chi connectivity index (χ4v) is 3.64. The third-order valence-corrected chi connectivity index (χ3v) is 5.32. The van der Waals surface area contributed by atoms with Gasteiger partial charge in [-0.3, -0.25) is 4.79 Å². The number of carbonyl (C=O) groups excluding carboxylic acids is 1. The van der Waals surface area contributed by atoms with Gasteiger partial charge in [0.15, 0.2) is 0 Å². The number of hydrogen-bond acceptors (Lipinski definition) is 5. The lowest BCUT2D eigenvalue weighted by Crippen LogP contribution is -2.53. The standard InChI is InChI=1S/C24H23NO5/c1-14(11-15-7-5-4-6-8-15)23(28)25-21-17-12-16-9-10-20(26)29-18(16)13-19(17)30-24(2,3)22(21)27/h4-13,21-22,27H,1-3H3,(H,25,28)/b14-11+/t21-,22+/m1/s1. The van der Waals surface area contributed by atoms with Crippen LogP contribution in [0.4, 0.5) is 0 Å². The first-order valence-corrected chi connectivity index (χ1v) is 9.74. The first-order valence-electron chi connectivity index (χ1n) is 9.74. The number of rotatable bonds is 3. The molecule has 1 aliphatic rings. The molecule has 4 rings (SSSR count). The molecule has 0 aliphatic carbocycles. The van der Waals surface area contributed by atoms with E-state index >= 15 is 0 Å². The number of amides is 1. The second-order valence-corrected chi connectivity index (χ2v) is 8.02. The Bertz CT molecular complexity index is 1190. The van der Waals surface area contributed by atoms with Crippen molar-refractivity contribution in [2.45, 2.75) is 38.5 Å². The Morgan fingerprint density at radius 1 is 1.13 bits per heavy atom. The number of hydrogen-bond donors (Lipinski definition) is 2. The molecular weight excluding hydrogens is 382 g/mol. The minimum atomic E-state index is -0.980. The van der Waals surface area contributed by atoms with Gasteiger partial charge in [0, 0.05) is 28.7 Å². The van der Waals surface area contributed by atoms with E-state index in [1.54, 1.807) is 45.0 Å². The summed E-state index contributed by atoms with van der Waals surface area (Å²) in [6, 6.07) is 15.2. The summed E-state index contributed by atoms with van der Waals surface area (Å²) in [5.41, 5.74) is 1.04. The second kappa shape index (κ2) is 7.46. The van der Waals surface area contributed by atoms with E-state index in [1.807, 2.05) is 30.3 Å². The number of ether oxygens (including phenoxy) is 1. The molecule has 6 nitrogen and oxygen atoms in total. The summed E-state index contributed by atoms with van der Waals surface area (Å²) in [5.74, 6) is 0.174. The number of carbonyl (C=O) groups is 1. The molecule has 30 heavy (non-hydrogen) atoms. The van der Waals surface area contributed by atoms with Crippen molar-refractivity contribution in [3.8, 4) is 5.75 Å². The monoisotopic (exact) mass is 405 g/mol. The van der Waals surface area contributed by atoms with Crippen molar-refractivity contribution in [2.24, 2.45) is 0 Å². The molecule has 0 saturated carbocycles. The van der Waals surface area contributed by atoms with Gasteiger partial charge < -0.3 is 19.6 Å². The van der Waals surface area contributed by atoms with Crippen LogP contribution in [0.15, 0.2) is 69.4 Å². The fourth-order valence-electron chi connectivity index (χ4n) is 3.64. The van der Waals surface area contributed by atoms with Gasteiger partial charge in [-0.15, -0.1) is 0 Å². The molecule has 1 aromatic heterocycles. The number of aliphatic hydroxyl groups is 1. The summed E-state index contributed by atoms with van der Waals surface area (Å²) in [7, 11) is 0. The SMILES string of the molecule is C/C(=C\c1ccccc1)C(=O)N[C@@H]1c2cc3ccc(=O)oc3cc2OC(C)(C)[C@H]1O. The highest BCUT2D eigenvalue weighted by Crippen LogP contribution is 2.41. The molecule has 2 aromatic carbocycles. The average molecular weight is 405 g/mol. The lowest BCUT2D eigenvalue weighted by Gasteiger charge is -2.42. The zero-order valence-corrected chi connectivity index (χ0v) is 17.0. The summed E-state index contributed by atoms with van der Waals surface area (Å²) in [6.07, 6.45) is 0.814. The molecule has 2 N–H and O–H groups in total. The Labute approximate surface area is 173 Å². The first-order chi connectivity index (χ1) is 14.2. The highest BCUT2D eigenvalue weighted by Gasteiger charge is 2.44. The van der Waals surface area contributed by atoms with Gasteiger partial charge in [0.2, 0.25) is 5.91 Å². The van der Waals surface area contributed by atoms with Crippen molar-refractivity contribution >= 4 is 23.0 Å². The molecule has 2 atom stereocenters. The maximum Gasteiger partial charge on any atom is 0.336 e. The minimum Gasteiger partial charge on any atom is -0.485 e. The van der Waals surface area contributed by atoms with Crippen LogP contribution in [0.25, 0.3) is 17.0 Å². The van der Waals surface area contributed by atoms with Gasteiger partial charge in [-0.25, -0.2) is 4.79 Å². The van der Waals surface area contributed by atoms with E-state index in [0.717, 1.165) is 5.56 Å². The van der Waals surface area contributed by atoms with Crippen LogP contribution in [-0.4, -0.2) is 22.7 Å². The van der Waals surface area contributed by atoms with Crippen LogP contribution in [0.3, 0.4) is 0 Å². The largest absolute Gasteiger partial charge is 0.485 e. The summed E-state index contributed by atoms with van der Waals surface area (Å²) >= 11 is 0. The smallest absolute Gasteiger partial charge is 0.336 e. The Hall–Kier alpha value is -3.38. The molecule has 1 amide bonds. The molecule has 2 heterocycles. The van der Waals surface area contributed by atoms with Gasteiger partial charge in [-0.2, -0.15) is 0 Å². The van der Waals surface area contributed by atoms with E-state index in [4.69, 9.17) is 9.15 Å². The number of aliphatic hydroxyl groups excluding tert-OH is 1. The van der Waals surface area contributed by atoms with Crippen LogP contribution < -0.4 is 15.7 Å². The normalized spacial score (nSPS) is 20.3. The van der Waals surface area contributed by atoms with Crippen LogP contribution in [0.5, 0.6) is 5.75 Å². The Morgan fingerprint density at radius 3 is 2.60 bits per heavy atom. The Balaban J connectivity index is 1.72. The zero-order valence-electron chi connectivity index (χ0n) is 17.0. The lowest BCUT2D eigenvalue weighted by molar-refractivity contribution is -0.121. The molecule has 0 spiro atoms. The van der Waals surface area contributed by atoms with Crippen LogP contribution in [0.1, 0.15) is 37.9 Å². The maximum atomic E-state index is 12.9. The summed E-state index contributed by atoms with van der Waals surface area (Å²) in [4.78, 5) is 24.5. The molecule has 0 saturated heterocycles. The van der Waals surface area contributed by atoms with Crippen molar-refractivity contribution in [1.82, 2.24) is 5.32 Å². The predicted molar refractivity (Wildman–Crippen MR) is 114 cm³/mol.